The first kappa shape index (κ1) is 26.3. The summed E-state index contributed by atoms with van der Waals surface area (Å²) in [5.74, 6) is 0.0348. The maximum atomic E-state index is 13.0. The summed E-state index contributed by atoms with van der Waals surface area (Å²) in [6.07, 6.45) is -2.86. The summed E-state index contributed by atoms with van der Waals surface area (Å²) in [6, 6.07) is 18.0. The first-order valence-electron chi connectivity index (χ1n) is 9.90. The van der Waals surface area contributed by atoms with Crippen LogP contribution in [0.4, 0.5) is 30.4 Å². The number of anilines is 3. The van der Waals surface area contributed by atoms with Gasteiger partial charge in [0.25, 0.3) is 5.91 Å². The predicted molar refractivity (Wildman–Crippen MR) is 129 cm³/mol. The summed E-state index contributed by atoms with van der Waals surface area (Å²) in [5, 5.41) is 2.57. The van der Waals surface area contributed by atoms with Crippen molar-refractivity contribution in [3.05, 3.63) is 84.1 Å². The fourth-order valence-electron chi connectivity index (χ4n) is 3.61. The smallest absolute Gasteiger partial charge is 0.368 e. The molecule has 0 saturated carbocycles. The van der Waals surface area contributed by atoms with Gasteiger partial charge in [0.2, 0.25) is 0 Å². The Morgan fingerprint density at radius 1 is 0.848 bits per heavy atom. The number of halogens is 5. The van der Waals surface area contributed by atoms with Gasteiger partial charge in [-0.05, 0) is 42.5 Å². The van der Waals surface area contributed by atoms with Gasteiger partial charge in [0.15, 0.2) is 0 Å². The molecule has 33 heavy (non-hydrogen) atoms. The van der Waals surface area contributed by atoms with Crippen LogP contribution in [0.15, 0.2) is 72.9 Å². The molecule has 0 radical (unpaired) electrons. The molecule has 1 saturated heterocycles. The Bertz CT molecular complexity index is 1060. The fourth-order valence-corrected chi connectivity index (χ4v) is 3.61. The van der Waals surface area contributed by atoms with Crippen LogP contribution >= 0.6 is 24.8 Å². The van der Waals surface area contributed by atoms with Crippen molar-refractivity contribution < 1.29 is 18.0 Å². The zero-order chi connectivity index (χ0) is 21.8. The summed E-state index contributed by atoms with van der Waals surface area (Å²) in [6.45, 7) is 2.90. The topological polar surface area (TPSA) is 48.5 Å². The highest BCUT2D eigenvalue weighted by molar-refractivity contribution is 6.07. The van der Waals surface area contributed by atoms with Crippen LogP contribution in [-0.2, 0) is 6.18 Å². The first-order chi connectivity index (χ1) is 14.9. The molecule has 176 valence electrons. The Labute approximate surface area is 202 Å². The molecule has 4 rings (SSSR count). The monoisotopic (exact) mass is 498 g/mol. The van der Waals surface area contributed by atoms with Crippen molar-refractivity contribution >= 4 is 47.9 Å². The van der Waals surface area contributed by atoms with E-state index in [0.717, 1.165) is 30.9 Å². The number of carbonyl (C=O) groups is 1. The Morgan fingerprint density at radius 2 is 1.52 bits per heavy atom. The normalized spacial score (nSPS) is 13.5. The maximum Gasteiger partial charge on any atom is 0.416 e. The second kappa shape index (κ2) is 11.2. The van der Waals surface area contributed by atoms with Crippen LogP contribution in [0.5, 0.6) is 0 Å². The molecular formula is C23H23Cl2F3N4O. The van der Waals surface area contributed by atoms with Crippen LogP contribution in [0.1, 0.15) is 15.9 Å². The molecule has 1 aliphatic rings. The number of hydrogen-bond acceptors (Lipinski definition) is 4. The minimum atomic E-state index is -4.47. The van der Waals surface area contributed by atoms with Crippen LogP contribution in [0.3, 0.4) is 0 Å². The van der Waals surface area contributed by atoms with Gasteiger partial charge in [-0.25, -0.2) is 4.98 Å². The lowest BCUT2D eigenvalue weighted by molar-refractivity contribution is -0.137. The highest BCUT2D eigenvalue weighted by atomic mass is 35.5. The quantitative estimate of drug-likeness (QED) is 0.514. The molecule has 0 unspecified atom stereocenters. The molecule has 2 heterocycles. The van der Waals surface area contributed by atoms with Gasteiger partial charge in [-0.3, -0.25) is 4.79 Å². The van der Waals surface area contributed by atoms with Gasteiger partial charge < -0.3 is 15.1 Å². The van der Waals surface area contributed by atoms with Crippen molar-refractivity contribution in [1.82, 2.24) is 4.98 Å². The minimum absolute atomic E-state index is 0. The van der Waals surface area contributed by atoms with E-state index in [1.54, 1.807) is 18.3 Å². The van der Waals surface area contributed by atoms with E-state index in [1.807, 2.05) is 23.1 Å². The van der Waals surface area contributed by atoms with Crippen LogP contribution < -0.4 is 15.1 Å². The largest absolute Gasteiger partial charge is 0.416 e. The third kappa shape index (κ3) is 6.30. The molecule has 0 atom stereocenters. The number of aromatic nitrogens is 1. The molecule has 1 amide bonds. The minimum Gasteiger partial charge on any atom is -0.368 e. The van der Waals surface area contributed by atoms with Crippen molar-refractivity contribution in [2.45, 2.75) is 6.18 Å². The average Bonchev–Trinajstić information content (AvgIpc) is 2.79. The molecular weight excluding hydrogens is 476 g/mol. The van der Waals surface area contributed by atoms with E-state index in [4.69, 9.17) is 0 Å². The number of amides is 1. The molecule has 0 aliphatic carbocycles. The number of carbonyl (C=O) groups excluding carboxylic acids is 1. The zero-order valence-corrected chi connectivity index (χ0v) is 19.1. The van der Waals surface area contributed by atoms with Crippen molar-refractivity contribution in [1.29, 1.82) is 0 Å². The van der Waals surface area contributed by atoms with Crippen LogP contribution in [-0.4, -0.2) is 37.1 Å². The number of benzene rings is 2. The predicted octanol–water partition coefficient (Wildman–Crippen LogP) is 5.52. The molecule has 1 aromatic heterocycles. The van der Waals surface area contributed by atoms with Gasteiger partial charge in [0.1, 0.15) is 5.82 Å². The fraction of sp³-hybridized carbons (Fsp3) is 0.217. The SMILES string of the molecule is Cl.Cl.O=C(Nc1cccc(C(F)(F)F)c1)c1cccnc1N1CCN(c2ccccc2)CC1. The van der Waals surface area contributed by atoms with E-state index in [-0.39, 0.29) is 30.5 Å². The van der Waals surface area contributed by atoms with E-state index < -0.39 is 17.6 Å². The van der Waals surface area contributed by atoms with Crippen LogP contribution in [0, 0.1) is 0 Å². The molecule has 1 N–H and O–H groups in total. The Morgan fingerprint density at radius 3 is 2.18 bits per heavy atom. The van der Waals surface area contributed by atoms with E-state index >= 15 is 0 Å². The van der Waals surface area contributed by atoms with E-state index in [9.17, 15) is 18.0 Å². The standard InChI is InChI=1S/C23H21F3N4O.2ClH/c24-23(25,26)17-6-4-7-18(16-17)28-22(31)20-10-5-11-27-21(20)30-14-12-29(13-15-30)19-8-2-1-3-9-19;;/h1-11,16H,12-15H2,(H,28,31);2*1H. The third-order valence-electron chi connectivity index (χ3n) is 5.18. The van der Waals surface area contributed by atoms with Gasteiger partial charge in [-0.2, -0.15) is 13.2 Å². The van der Waals surface area contributed by atoms with Crippen LogP contribution in [0.25, 0.3) is 0 Å². The Kier molecular flexibility index (Phi) is 8.96. The lowest BCUT2D eigenvalue weighted by Crippen LogP contribution is -2.47. The number of para-hydroxylation sites is 1. The lowest BCUT2D eigenvalue weighted by atomic mass is 10.1. The van der Waals surface area contributed by atoms with Crippen molar-refractivity contribution in [2.24, 2.45) is 0 Å². The molecule has 0 bridgehead atoms. The summed E-state index contributed by atoms with van der Waals surface area (Å²) in [4.78, 5) is 21.5. The third-order valence-corrected chi connectivity index (χ3v) is 5.18. The summed E-state index contributed by atoms with van der Waals surface area (Å²) in [5.41, 5.74) is 0.746. The number of hydrogen-bond donors (Lipinski definition) is 1. The van der Waals surface area contributed by atoms with Gasteiger partial charge in [-0.15, -0.1) is 24.8 Å². The zero-order valence-electron chi connectivity index (χ0n) is 17.5. The van der Waals surface area contributed by atoms with Gasteiger partial charge >= 0.3 is 6.18 Å². The Balaban J connectivity index is 0.00000193. The second-order valence-corrected chi connectivity index (χ2v) is 7.22. The first-order valence-corrected chi connectivity index (χ1v) is 9.90. The number of piperazine rings is 1. The van der Waals surface area contributed by atoms with Crippen molar-refractivity contribution in [3.63, 3.8) is 0 Å². The summed E-state index contributed by atoms with van der Waals surface area (Å²) in [7, 11) is 0. The number of pyridine rings is 1. The van der Waals surface area contributed by atoms with Crippen LogP contribution in [0.2, 0.25) is 0 Å². The molecule has 0 spiro atoms. The number of nitrogens with zero attached hydrogens (tertiary/aromatic N) is 3. The number of rotatable bonds is 4. The highest BCUT2D eigenvalue weighted by Crippen LogP contribution is 2.31. The average molecular weight is 499 g/mol. The van der Waals surface area contributed by atoms with Gasteiger partial charge in [-0.1, -0.05) is 24.3 Å². The van der Waals surface area contributed by atoms with Gasteiger partial charge in [0, 0.05) is 43.8 Å². The Hall–Kier alpha value is -2.97. The molecule has 2 aromatic carbocycles. The van der Waals surface area contributed by atoms with E-state index in [2.05, 4.69) is 27.3 Å². The van der Waals surface area contributed by atoms with Gasteiger partial charge in [0.05, 0.1) is 11.1 Å². The summed E-state index contributed by atoms with van der Waals surface area (Å²) >= 11 is 0. The van der Waals surface area contributed by atoms with E-state index in [1.165, 1.54) is 12.1 Å². The lowest BCUT2D eigenvalue weighted by Gasteiger charge is -2.37. The molecule has 1 fully saturated rings. The maximum absolute atomic E-state index is 13.0. The number of nitrogens with one attached hydrogen (secondary N) is 1. The van der Waals surface area contributed by atoms with Crippen molar-refractivity contribution in [2.75, 3.05) is 41.3 Å². The number of alkyl halides is 3. The molecule has 10 heteroatoms. The van der Waals surface area contributed by atoms with E-state index in [0.29, 0.717) is 24.5 Å². The summed E-state index contributed by atoms with van der Waals surface area (Å²) < 4.78 is 38.9. The molecule has 5 nitrogen and oxygen atoms in total. The second-order valence-electron chi connectivity index (χ2n) is 7.22. The highest BCUT2D eigenvalue weighted by Gasteiger charge is 2.30. The molecule has 1 aliphatic heterocycles. The molecule has 3 aromatic rings. The van der Waals surface area contributed by atoms with Crippen molar-refractivity contribution in [3.8, 4) is 0 Å².